The summed E-state index contributed by atoms with van der Waals surface area (Å²) in [5.41, 5.74) is 1.22. The van der Waals surface area contributed by atoms with Crippen molar-refractivity contribution in [3.05, 3.63) is 40.7 Å². The van der Waals surface area contributed by atoms with Crippen LogP contribution in [0, 0.1) is 23.5 Å². The molecule has 0 radical (unpaired) electrons. The maximum atomic E-state index is 13.5. The van der Waals surface area contributed by atoms with Crippen LogP contribution in [0.4, 0.5) is 18.9 Å². The van der Waals surface area contributed by atoms with Crippen LogP contribution in [0.15, 0.2) is 24.3 Å². The number of benzene rings is 1. The molecule has 1 heterocycles. The number of carbonyl (C=O) groups is 2. The quantitative estimate of drug-likeness (QED) is 0.164. The zero-order valence-electron chi connectivity index (χ0n) is 25.6. The summed E-state index contributed by atoms with van der Waals surface area (Å²) in [4.78, 5) is 22.4. The van der Waals surface area contributed by atoms with Crippen LogP contribution in [0.2, 0.25) is 0 Å². The zero-order valence-corrected chi connectivity index (χ0v) is 25.6. The number of carboxylic acids is 1. The molecule has 0 bridgehead atoms. The topological polar surface area (TPSA) is 136 Å². The van der Waals surface area contributed by atoms with E-state index >= 15 is 0 Å². The lowest BCUT2D eigenvalue weighted by atomic mass is 9.89. The minimum atomic E-state index is -5.15. The summed E-state index contributed by atoms with van der Waals surface area (Å²) >= 11 is 0. The smallest absolute Gasteiger partial charge is 0.573 e. The maximum absolute atomic E-state index is 13.5. The van der Waals surface area contributed by atoms with Gasteiger partial charge in [-0.05, 0) is 84.9 Å². The van der Waals surface area contributed by atoms with Gasteiger partial charge in [0.15, 0.2) is 5.75 Å². The number of carbonyl (C=O) groups excluding carboxylic acids is 1. The van der Waals surface area contributed by atoms with Crippen molar-refractivity contribution < 1.29 is 37.8 Å². The predicted octanol–water partition coefficient (Wildman–Crippen LogP) is 6.67. The first-order valence-electron chi connectivity index (χ1n) is 14.4. The van der Waals surface area contributed by atoms with Crippen molar-refractivity contribution in [3.8, 4) is 17.0 Å². The van der Waals surface area contributed by atoms with Crippen LogP contribution in [0.5, 0.6) is 5.75 Å². The number of hydrogen-bond donors (Lipinski definition) is 4. The fraction of sp³-hybridized carbons (Fsp3) is 0.600. The second kappa shape index (κ2) is 12.8. The molecule has 2 aromatic rings. The summed E-state index contributed by atoms with van der Waals surface area (Å²) in [6, 6.07) is 5.10. The highest BCUT2D eigenvalue weighted by atomic mass is 19.4. The van der Waals surface area contributed by atoms with Crippen molar-refractivity contribution >= 4 is 17.6 Å². The number of amides is 1. The van der Waals surface area contributed by atoms with Gasteiger partial charge < -0.3 is 24.9 Å². The molecule has 4 N–H and O–H groups in total. The summed E-state index contributed by atoms with van der Waals surface area (Å²) in [5.74, 6) is -2.01. The van der Waals surface area contributed by atoms with Crippen LogP contribution in [-0.2, 0) is 11.3 Å². The molecular weight excluding hydrogens is 569 g/mol. The number of halogens is 3. The number of alkyl halides is 3. The Morgan fingerprint density at radius 1 is 1.09 bits per heavy atom. The van der Waals surface area contributed by atoms with Crippen molar-refractivity contribution in [2.75, 3.05) is 6.54 Å². The molecule has 1 aromatic heterocycles. The molecular formula is C30H43F3N4O6. The Hall–Kier alpha value is -3.13. The van der Waals surface area contributed by atoms with Gasteiger partial charge in [0.25, 0.3) is 5.91 Å². The van der Waals surface area contributed by atoms with Crippen LogP contribution < -0.4 is 20.4 Å². The molecule has 1 atom stereocenters. The largest absolute Gasteiger partial charge is 0.573 e. The second-order valence-electron chi connectivity index (χ2n) is 13.0. The van der Waals surface area contributed by atoms with Crippen LogP contribution in [0.25, 0.3) is 11.3 Å². The van der Waals surface area contributed by atoms with Crippen LogP contribution in [0.3, 0.4) is 0 Å². The number of aromatic nitrogens is 1. The number of hydrogen-bond acceptors (Lipinski definition) is 6. The lowest BCUT2D eigenvalue weighted by Crippen LogP contribution is -2.59. The predicted molar refractivity (Wildman–Crippen MR) is 156 cm³/mol. The fourth-order valence-electron chi connectivity index (χ4n) is 5.31. The average molecular weight is 613 g/mol. The Balaban J connectivity index is 2.07. The Morgan fingerprint density at radius 3 is 2.28 bits per heavy atom. The third-order valence-electron chi connectivity index (χ3n) is 7.69. The molecule has 1 fully saturated rings. The summed E-state index contributed by atoms with van der Waals surface area (Å²) in [5, 5.41) is 35.7. The highest BCUT2D eigenvalue weighted by molar-refractivity contribution is 5.97. The molecule has 10 nitrogen and oxygen atoms in total. The van der Waals surface area contributed by atoms with E-state index in [0.29, 0.717) is 29.4 Å². The fourth-order valence-corrected chi connectivity index (χ4v) is 5.31. The highest BCUT2D eigenvalue weighted by Gasteiger charge is 2.37. The first kappa shape index (κ1) is 34.4. The van der Waals surface area contributed by atoms with Gasteiger partial charge in [-0.25, -0.2) is 0 Å². The lowest BCUT2D eigenvalue weighted by molar-refractivity contribution is -0.275. The van der Waals surface area contributed by atoms with Crippen LogP contribution >= 0.6 is 0 Å². The van der Waals surface area contributed by atoms with E-state index in [1.165, 1.54) is 6.07 Å². The summed E-state index contributed by atoms with van der Waals surface area (Å²) < 4.78 is 46.5. The number of aliphatic carboxylic acids is 1. The molecule has 0 aliphatic heterocycles. The van der Waals surface area contributed by atoms with Crippen molar-refractivity contribution in [2.45, 2.75) is 98.5 Å². The van der Waals surface area contributed by atoms with Gasteiger partial charge in [-0.3, -0.25) is 9.59 Å². The summed E-state index contributed by atoms with van der Waals surface area (Å²) in [6.45, 7) is 10.2. The first-order valence-corrected chi connectivity index (χ1v) is 14.4. The van der Waals surface area contributed by atoms with Crippen molar-refractivity contribution in [1.29, 1.82) is 0 Å². The average Bonchev–Trinajstić information content (AvgIpc) is 3.17. The van der Waals surface area contributed by atoms with Crippen LogP contribution in [0.1, 0.15) is 89.2 Å². The number of nitrogens with one attached hydrogen (secondary N) is 2. The van der Waals surface area contributed by atoms with E-state index in [1.807, 2.05) is 4.57 Å². The van der Waals surface area contributed by atoms with Crippen molar-refractivity contribution in [3.63, 3.8) is 0 Å². The minimum absolute atomic E-state index is 0.111. The number of carboxylic acid groups (broad SMARTS) is 1. The van der Waals surface area contributed by atoms with Gasteiger partial charge >= 0.3 is 12.3 Å². The van der Waals surface area contributed by atoms with Gasteiger partial charge in [0.2, 0.25) is 5.69 Å². The molecule has 13 heteroatoms. The van der Waals surface area contributed by atoms with Gasteiger partial charge in [-0.1, -0.05) is 19.3 Å². The highest BCUT2D eigenvalue weighted by Crippen LogP contribution is 2.40. The van der Waals surface area contributed by atoms with Gasteiger partial charge in [-0.15, -0.1) is 23.5 Å². The van der Waals surface area contributed by atoms with Crippen molar-refractivity contribution in [1.82, 2.24) is 20.2 Å². The number of quaternary nitrogens is 1. The molecule has 0 saturated heterocycles. The monoisotopic (exact) mass is 612 g/mol. The van der Waals surface area contributed by atoms with Crippen LogP contribution in [-0.4, -0.2) is 45.2 Å². The number of ether oxygens (including phenoxy) is 1. The van der Waals surface area contributed by atoms with E-state index in [1.54, 1.807) is 47.6 Å². The van der Waals surface area contributed by atoms with E-state index in [-0.39, 0.29) is 18.5 Å². The number of rotatable bonds is 11. The Labute approximate surface area is 249 Å². The van der Waals surface area contributed by atoms with Gasteiger partial charge in [-0.2, -0.15) is 5.21 Å². The maximum Gasteiger partial charge on any atom is 0.573 e. The standard InChI is InChI=1S/C30H43F3N4O6/c1-19-22(26(38)34-15-14-29(5,6)27(39)40)17-23(36(19)18-20-10-8-7-9-11-20)21-12-13-24(25(16-21)43-30(31,32)33)37(41,42)35-28(2,3)4/h12-13,16-17,20,35,41H,7-11,14-15,18H2,1-6H3,(H,34,38)(H,39,40). The molecule has 1 aliphatic carbocycles. The van der Waals surface area contributed by atoms with E-state index in [2.05, 4.69) is 15.5 Å². The third-order valence-corrected chi connectivity index (χ3v) is 7.69. The lowest BCUT2D eigenvalue weighted by Gasteiger charge is -2.38. The second-order valence-corrected chi connectivity index (χ2v) is 13.0. The molecule has 1 aliphatic rings. The summed E-state index contributed by atoms with van der Waals surface area (Å²) in [6.07, 6.45) is 0.253. The van der Waals surface area contributed by atoms with Crippen molar-refractivity contribution in [2.24, 2.45) is 11.3 Å². The van der Waals surface area contributed by atoms with Gasteiger partial charge in [0.1, 0.15) is 0 Å². The molecule has 240 valence electrons. The van der Waals surface area contributed by atoms with E-state index in [0.717, 1.165) is 44.2 Å². The molecule has 1 saturated carbocycles. The zero-order chi connectivity index (χ0) is 32.4. The van der Waals surface area contributed by atoms with Gasteiger partial charge in [0, 0.05) is 36.1 Å². The first-order chi connectivity index (χ1) is 19.7. The SMILES string of the molecule is Cc1c(C(=O)NCCC(C)(C)C(=O)O)cc(-c2ccc([N+]([O-])(O)NC(C)(C)C)c(OC(F)(F)F)c2)n1CC1CCCCC1. The minimum Gasteiger partial charge on any atom is -0.573 e. The number of nitrogens with zero attached hydrogens (tertiary/aromatic N) is 2. The molecule has 1 unspecified atom stereocenters. The molecule has 1 aromatic carbocycles. The van der Waals surface area contributed by atoms with E-state index < -0.39 is 45.5 Å². The Kier molecular flexibility index (Phi) is 10.3. The molecule has 1 amide bonds. The normalized spacial score (nSPS) is 16.5. The molecule has 3 rings (SSSR count). The molecule has 0 spiro atoms. The summed E-state index contributed by atoms with van der Waals surface area (Å²) in [7, 11) is 0. The Morgan fingerprint density at radius 2 is 1.72 bits per heavy atom. The van der Waals surface area contributed by atoms with Gasteiger partial charge in [0.05, 0.1) is 16.5 Å². The molecule has 43 heavy (non-hydrogen) atoms. The third kappa shape index (κ3) is 9.18. The Bertz CT molecular complexity index is 1310. The van der Waals surface area contributed by atoms with E-state index in [9.17, 15) is 38.3 Å². The van der Waals surface area contributed by atoms with E-state index in [4.69, 9.17) is 0 Å².